The topological polar surface area (TPSA) is 105 Å². The van der Waals surface area contributed by atoms with Gasteiger partial charge in [0.05, 0.1) is 28.7 Å². The van der Waals surface area contributed by atoms with Gasteiger partial charge < -0.3 is 9.64 Å². The van der Waals surface area contributed by atoms with Crippen LogP contribution in [-0.4, -0.2) is 55.4 Å². The van der Waals surface area contributed by atoms with Crippen molar-refractivity contribution in [2.75, 3.05) is 18.1 Å². The Morgan fingerprint density at radius 1 is 1.07 bits per heavy atom. The highest BCUT2D eigenvalue weighted by Crippen LogP contribution is 2.28. The third-order valence-electron chi connectivity index (χ3n) is 5.43. The molecule has 8 heteroatoms. The van der Waals surface area contributed by atoms with Gasteiger partial charge in [-0.3, -0.25) is 4.79 Å². The van der Waals surface area contributed by atoms with Crippen LogP contribution in [0.2, 0.25) is 0 Å². The monoisotopic (exact) mass is 404 g/mol. The summed E-state index contributed by atoms with van der Waals surface area (Å²) in [6, 6.07) is 7.62. The zero-order chi connectivity index (χ0) is 20.1. The summed E-state index contributed by atoms with van der Waals surface area (Å²) in [5, 5.41) is 8.81. The van der Waals surface area contributed by atoms with E-state index < -0.39 is 22.4 Å². The Morgan fingerprint density at radius 2 is 1.75 bits per heavy atom. The summed E-state index contributed by atoms with van der Waals surface area (Å²) < 4.78 is 29.0. The first-order chi connectivity index (χ1) is 13.4. The molecule has 1 aromatic rings. The number of nitriles is 1. The van der Waals surface area contributed by atoms with E-state index in [2.05, 4.69) is 0 Å². The van der Waals surface area contributed by atoms with Gasteiger partial charge in [0.2, 0.25) is 0 Å². The Labute approximate surface area is 165 Å². The zero-order valence-electron chi connectivity index (χ0n) is 15.7. The van der Waals surface area contributed by atoms with E-state index in [-0.39, 0.29) is 35.1 Å². The average Bonchev–Trinajstić information content (AvgIpc) is 3.06. The number of ether oxygens (including phenoxy) is 1. The number of esters is 1. The average molecular weight is 404 g/mol. The number of rotatable bonds is 5. The van der Waals surface area contributed by atoms with Crippen molar-refractivity contribution in [2.45, 2.75) is 50.6 Å². The van der Waals surface area contributed by atoms with Crippen LogP contribution >= 0.6 is 0 Å². The van der Waals surface area contributed by atoms with Crippen molar-refractivity contribution in [1.82, 2.24) is 4.90 Å². The second-order valence-corrected chi connectivity index (χ2v) is 9.64. The molecule has 1 heterocycles. The fourth-order valence-corrected chi connectivity index (χ4v) is 5.74. The summed E-state index contributed by atoms with van der Waals surface area (Å²) in [4.78, 5) is 26.8. The molecule has 2 aliphatic rings. The number of amides is 1. The highest BCUT2D eigenvalue weighted by molar-refractivity contribution is 7.91. The number of carbonyl (C=O) groups excluding carboxylic acids is 2. The van der Waals surface area contributed by atoms with E-state index in [1.54, 1.807) is 4.90 Å². The Bertz CT molecular complexity index is 867. The van der Waals surface area contributed by atoms with Crippen molar-refractivity contribution in [2.24, 2.45) is 0 Å². The number of hydrogen-bond acceptors (Lipinski definition) is 6. The standard InChI is InChI=1S/C20H24N2O5S/c21-12-15-6-8-16(9-7-15)20(24)27-13-19(23)22(17-4-2-1-3-5-17)18-10-11-28(25,26)14-18/h6-9,17-18H,1-5,10-11,13-14H2/t18-/m1/s1. The maximum absolute atomic E-state index is 12.9. The van der Waals surface area contributed by atoms with Gasteiger partial charge in [0, 0.05) is 12.1 Å². The lowest BCUT2D eigenvalue weighted by molar-refractivity contribution is -0.140. The predicted molar refractivity (Wildman–Crippen MR) is 102 cm³/mol. The molecule has 1 saturated heterocycles. The van der Waals surface area contributed by atoms with E-state index in [9.17, 15) is 18.0 Å². The summed E-state index contributed by atoms with van der Waals surface area (Å²) in [5.41, 5.74) is 0.693. The Kier molecular flexibility index (Phi) is 6.35. The molecule has 3 rings (SSSR count). The third-order valence-corrected chi connectivity index (χ3v) is 7.18. The molecular weight excluding hydrogens is 380 g/mol. The number of nitrogens with zero attached hydrogens (tertiary/aromatic N) is 2. The number of hydrogen-bond donors (Lipinski definition) is 0. The molecule has 0 spiro atoms. The van der Waals surface area contributed by atoms with Crippen molar-refractivity contribution in [3.63, 3.8) is 0 Å². The van der Waals surface area contributed by atoms with Crippen LogP contribution in [0, 0.1) is 11.3 Å². The molecule has 0 radical (unpaired) electrons. The molecule has 2 fully saturated rings. The van der Waals surface area contributed by atoms with Crippen LogP contribution in [0.15, 0.2) is 24.3 Å². The van der Waals surface area contributed by atoms with Crippen molar-refractivity contribution < 1.29 is 22.7 Å². The molecule has 1 aliphatic carbocycles. The molecule has 1 atom stereocenters. The molecule has 28 heavy (non-hydrogen) atoms. The van der Waals surface area contributed by atoms with Crippen LogP contribution in [-0.2, 0) is 19.4 Å². The smallest absolute Gasteiger partial charge is 0.338 e. The Morgan fingerprint density at radius 3 is 2.32 bits per heavy atom. The third kappa shape index (κ3) is 4.90. The Hall–Kier alpha value is -2.40. The Balaban J connectivity index is 1.66. The van der Waals surface area contributed by atoms with Crippen LogP contribution in [0.3, 0.4) is 0 Å². The van der Waals surface area contributed by atoms with Crippen LogP contribution in [0.5, 0.6) is 0 Å². The van der Waals surface area contributed by atoms with Gasteiger partial charge in [0.1, 0.15) is 0 Å². The summed E-state index contributed by atoms with van der Waals surface area (Å²) in [7, 11) is -3.12. The maximum atomic E-state index is 12.9. The van der Waals surface area contributed by atoms with Crippen LogP contribution < -0.4 is 0 Å². The lowest BCUT2D eigenvalue weighted by Crippen LogP contribution is -2.50. The molecule has 7 nitrogen and oxygen atoms in total. The van der Waals surface area contributed by atoms with Crippen LogP contribution in [0.4, 0.5) is 0 Å². The lowest BCUT2D eigenvalue weighted by atomic mass is 9.93. The first-order valence-electron chi connectivity index (χ1n) is 9.58. The van der Waals surface area contributed by atoms with Gasteiger partial charge in [0.25, 0.3) is 5.91 Å². The van der Waals surface area contributed by atoms with Crippen molar-refractivity contribution in [3.05, 3.63) is 35.4 Å². The lowest BCUT2D eigenvalue weighted by Gasteiger charge is -2.38. The number of carbonyl (C=O) groups is 2. The molecule has 0 aromatic heterocycles. The zero-order valence-corrected chi connectivity index (χ0v) is 16.5. The second-order valence-electron chi connectivity index (χ2n) is 7.41. The van der Waals surface area contributed by atoms with Crippen molar-refractivity contribution >= 4 is 21.7 Å². The molecule has 0 N–H and O–H groups in total. The second kappa shape index (κ2) is 8.74. The van der Waals surface area contributed by atoms with E-state index in [4.69, 9.17) is 10.00 Å². The largest absolute Gasteiger partial charge is 0.452 e. The molecule has 1 saturated carbocycles. The van der Waals surface area contributed by atoms with Gasteiger partial charge in [-0.2, -0.15) is 5.26 Å². The first kappa shape index (κ1) is 20.3. The summed E-state index contributed by atoms with van der Waals surface area (Å²) in [6.45, 7) is -0.411. The van der Waals surface area contributed by atoms with Crippen LogP contribution in [0.25, 0.3) is 0 Å². The van der Waals surface area contributed by atoms with E-state index in [1.807, 2.05) is 6.07 Å². The van der Waals surface area contributed by atoms with E-state index >= 15 is 0 Å². The maximum Gasteiger partial charge on any atom is 0.338 e. The number of sulfone groups is 1. The van der Waals surface area contributed by atoms with Gasteiger partial charge in [-0.1, -0.05) is 19.3 Å². The number of benzene rings is 1. The fraction of sp³-hybridized carbons (Fsp3) is 0.550. The molecule has 1 amide bonds. The minimum Gasteiger partial charge on any atom is -0.452 e. The molecule has 150 valence electrons. The van der Waals surface area contributed by atoms with Gasteiger partial charge >= 0.3 is 5.97 Å². The van der Waals surface area contributed by atoms with Crippen molar-refractivity contribution in [1.29, 1.82) is 5.26 Å². The summed E-state index contributed by atoms with van der Waals surface area (Å²) in [5.74, 6) is -0.894. The van der Waals surface area contributed by atoms with Gasteiger partial charge in [0.15, 0.2) is 16.4 Å². The molecule has 0 bridgehead atoms. The summed E-state index contributed by atoms with van der Waals surface area (Å²) in [6.07, 6.45) is 5.29. The van der Waals surface area contributed by atoms with E-state index in [1.165, 1.54) is 24.3 Å². The molecular formula is C20H24N2O5S. The highest BCUT2D eigenvalue weighted by Gasteiger charge is 2.38. The van der Waals surface area contributed by atoms with Gasteiger partial charge in [-0.15, -0.1) is 0 Å². The SMILES string of the molecule is N#Cc1ccc(C(=O)OCC(=O)N(C2CCCCC2)[C@@H]2CCS(=O)(=O)C2)cc1. The quantitative estimate of drug-likeness (QED) is 0.696. The van der Waals surface area contributed by atoms with Crippen LogP contribution in [0.1, 0.15) is 54.4 Å². The van der Waals surface area contributed by atoms with E-state index in [0.29, 0.717) is 12.0 Å². The molecule has 0 unspecified atom stereocenters. The predicted octanol–water partition coefficient (Wildman–Crippen LogP) is 2.06. The summed E-state index contributed by atoms with van der Waals surface area (Å²) >= 11 is 0. The highest BCUT2D eigenvalue weighted by atomic mass is 32.2. The minimum atomic E-state index is -3.12. The fourth-order valence-electron chi connectivity index (χ4n) is 4.03. The van der Waals surface area contributed by atoms with Crippen molar-refractivity contribution in [3.8, 4) is 6.07 Å². The van der Waals surface area contributed by atoms with E-state index in [0.717, 1.165) is 32.1 Å². The first-order valence-corrected chi connectivity index (χ1v) is 11.4. The minimum absolute atomic E-state index is 0.00756. The van der Waals surface area contributed by atoms with Gasteiger partial charge in [-0.05, 0) is 43.5 Å². The molecule has 1 aliphatic heterocycles. The van der Waals surface area contributed by atoms with Gasteiger partial charge in [-0.25, -0.2) is 13.2 Å². The normalized spacial score (nSPS) is 21.6. The molecule has 1 aromatic carbocycles.